The summed E-state index contributed by atoms with van der Waals surface area (Å²) in [6.07, 6.45) is 0.491. The second-order valence-electron chi connectivity index (χ2n) is 6.83. The molecule has 2 rings (SSSR count). The van der Waals surface area contributed by atoms with Gasteiger partial charge in [-0.25, -0.2) is 18.4 Å². The monoisotopic (exact) mass is 471 g/mol. The van der Waals surface area contributed by atoms with Crippen LogP contribution in [0, 0.1) is 11.8 Å². The largest absolute Gasteiger partial charge is 0.285 e. The zero-order valence-corrected chi connectivity index (χ0v) is 17.3. The maximum absolute atomic E-state index is 11.8. The van der Waals surface area contributed by atoms with Gasteiger partial charge in [0.05, 0.1) is 11.5 Å². The minimum absolute atomic E-state index is 0.0210. The van der Waals surface area contributed by atoms with E-state index in [0.29, 0.717) is 12.0 Å². The second kappa shape index (κ2) is 8.37. The molecule has 2 saturated carbocycles. The molecule has 0 aromatic carbocycles. The molecule has 12 nitrogen and oxygen atoms in total. The van der Waals surface area contributed by atoms with Gasteiger partial charge in [0, 0.05) is 23.3 Å². The van der Waals surface area contributed by atoms with E-state index in [4.69, 9.17) is 5.26 Å². The molecule has 0 spiro atoms. The summed E-state index contributed by atoms with van der Waals surface area (Å²) in [5.74, 6) is -0.976. The number of rotatable bonds is 7. The Kier molecular flexibility index (Phi) is 7.20. The summed E-state index contributed by atoms with van der Waals surface area (Å²) < 4.78 is 95.4. The Morgan fingerprint density at radius 1 is 0.963 bits per heavy atom. The van der Waals surface area contributed by atoms with E-state index in [1.165, 1.54) is 0 Å². The lowest BCUT2D eigenvalue weighted by atomic mass is 9.69. The summed E-state index contributed by atoms with van der Waals surface area (Å²) in [7, 11) is -12.8. The molecule has 27 heavy (non-hydrogen) atoms. The molecule has 2 aliphatic carbocycles. The van der Waals surface area contributed by atoms with Crippen molar-refractivity contribution in [1.82, 2.24) is 4.72 Å². The van der Waals surface area contributed by atoms with Crippen molar-refractivity contribution in [3.8, 4) is 0 Å². The fraction of sp³-hybridized carbons (Fsp3) is 1.00. The summed E-state index contributed by atoms with van der Waals surface area (Å²) >= 11 is 0.595. The summed E-state index contributed by atoms with van der Waals surface area (Å²) in [5.41, 5.74) is 0. The van der Waals surface area contributed by atoms with Gasteiger partial charge in [0.1, 0.15) is 5.25 Å². The topological polar surface area (TPSA) is 194 Å². The molecule has 2 aliphatic rings. The molecule has 4 N–H and O–H groups in total. The molecule has 0 bridgehead atoms. The van der Waals surface area contributed by atoms with Crippen molar-refractivity contribution < 1.29 is 49.0 Å². The Hall–Kier alpha value is -0.0400. The summed E-state index contributed by atoms with van der Waals surface area (Å²) in [6.45, 7) is 0. The average Bonchev–Trinajstić information content (AvgIpc) is 2.48. The zero-order chi connectivity index (χ0) is 20.6. The lowest BCUT2D eigenvalue weighted by Crippen LogP contribution is -2.56. The van der Waals surface area contributed by atoms with E-state index in [-0.39, 0.29) is 25.7 Å². The highest BCUT2D eigenvalue weighted by atomic mass is 32.2. The van der Waals surface area contributed by atoms with Crippen molar-refractivity contribution in [2.24, 2.45) is 11.8 Å². The molecule has 6 atom stereocenters. The third-order valence-electron chi connectivity index (χ3n) is 5.02. The Bertz CT molecular complexity index is 840. The van der Waals surface area contributed by atoms with Crippen LogP contribution in [0.4, 0.5) is 0 Å². The summed E-state index contributed by atoms with van der Waals surface area (Å²) in [4.78, 5) is 0. The maximum atomic E-state index is 11.8. The second-order valence-corrected chi connectivity index (χ2v) is 12.9. The van der Waals surface area contributed by atoms with Crippen LogP contribution >= 0.6 is 12.0 Å². The zero-order valence-electron chi connectivity index (χ0n) is 14.0. The first kappa shape index (κ1) is 23.2. The van der Waals surface area contributed by atoms with Crippen molar-refractivity contribution in [3.63, 3.8) is 0 Å². The first-order chi connectivity index (χ1) is 12.2. The van der Waals surface area contributed by atoms with Crippen molar-refractivity contribution in [2.45, 2.75) is 47.5 Å². The van der Waals surface area contributed by atoms with Crippen LogP contribution in [-0.2, 0) is 39.6 Å². The van der Waals surface area contributed by atoms with E-state index in [1.807, 2.05) is 0 Å². The summed E-state index contributed by atoms with van der Waals surface area (Å²) in [5, 5.41) is 8.59. The Balaban J connectivity index is 2.35. The van der Waals surface area contributed by atoms with Crippen LogP contribution in [0.3, 0.4) is 0 Å². The molecular weight excluding hydrogens is 450 g/mol. The van der Waals surface area contributed by atoms with Crippen LogP contribution in [0.2, 0.25) is 0 Å². The van der Waals surface area contributed by atoms with Gasteiger partial charge in [0.2, 0.25) is 10.0 Å². The third kappa shape index (κ3) is 6.22. The maximum Gasteiger partial charge on any atom is 0.269 e. The van der Waals surface area contributed by atoms with E-state index in [1.54, 1.807) is 0 Å². The highest BCUT2D eigenvalue weighted by Gasteiger charge is 2.51. The lowest BCUT2D eigenvalue weighted by Gasteiger charge is -2.47. The quantitative estimate of drug-likeness (QED) is 0.164. The SMILES string of the molecule is CS(=O)(=O)NC1CC2C(CC(S(=O)(=O)O)CC2SOOO)CC1S(=O)(=O)O. The van der Waals surface area contributed by atoms with Crippen molar-refractivity contribution in [3.05, 3.63) is 0 Å². The van der Waals surface area contributed by atoms with E-state index in [0.717, 1.165) is 6.26 Å². The van der Waals surface area contributed by atoms with Gasteiger partial charge in [-0.15, -0.1) is 4.33 Å². The molecule has 0 aromatic rings. The smallest absolute Gasteiger partial charge is 0.269 e. The van der Waals surface area contributed by atoms with Gasteiger partial charge in [-0.2, -0.15) is 16.8 Å². The van der Waals surface area contributed by atoms with Gasteiger partial charge in [-0.3, -0.25) is 9.11 Å². The number of nitrogens with one attached hydrogen (secondary N) is 1. The molecule has 0 aliphatic heterocycles. The highest BCUT2D eigenvalue weighted by molar-refractivity contribution is 7.95. The van der Waals surface area contributed by atoms with E-state index in [2.05, 4.69) is 14.1 Å². The number of fused-ring (bicyclic) bond motifs is 1. The number of hydrogen-bond donors (Lipinski definition) is 4. The van der Waals surface area contributed by atoms with Crippen LogP contribution in [0.1, 0.15) is 25.7 Å². The Morgan fingerprint density at radius 2 is 1.59 bits per heavy atom. The van der Waals surface area contributed by atoms with Crippen LogP contribution in [0.25, 0.3) is 0 Å². The first-order valence-electron chi connectivity index (χ1n) is 7.76. The Labute approximate surface area is 161 Å². The van der Waals surface area contributed by atoms with Gasteiger partial charge in [-0.05, 0) is 37.5 Å². The molecule has 0 saturated heterocycles. The van der Waals surface area contributed by atoms with E-state index in [9.17, 15) is 34.4 Å². The number of hydrogen-bond acceptors (Lipinski definition) is 10. The fourth-order valence-corrected chi connectivity index (χ4v) is 7.99. The van der Waals surface area contributed by atoms with Gasteiger partial charge in [-0.1, -0.05) is 5.04 Å². The van der Waals surface area contributed by atoms with Crippen LogP contribution in [-0.4, -0.2) is 67.7 Å². The average molecular weight is 472 g/mol. The van der Waals surface area contributed by atoms with Crippen LogP contribution in [0.5, 0.6) is 0 Å². The molecule has 0 heterocycles. The Morgan fingerprint density at radius 3 is 2.07 bits per heavy atom. The lowest BCUT2D eigenvalue weighted by molar-refractivity contribution is -0.432. The molecule has 2 fully saturated rings. The van der Waals surface area contributed by atoms with Crippen LogP contribution < -0.4 is 4.72 Å². The minimum Gasteiger partial charge on any atom is -0.285 e. The molecule has 16 heteroatoms. The first-order valence-corrected chi connectivity index (χ1v) is 13.5. The normalized spacial score (nSPS) is 35.6. The van der Waals surface area contributed by atoms with Crippen molar-refractivity contribution in [1.29, 1.82) is 0 Å². The van der Waals surface area contributed by atoms with Gasteiger partial charge >= 0.3 is 0 Å². The summed E-state index contributed by atoms with van der Waals surface area (Å²) in [6, 6.07) is -1.13. The molecule has 160 valence electrons. The van der Waals surface area contributed by atoms with E-state index >= 15 is 0 Å². The standard InChI is InChI=1S/C11H21NO11S4/c1-25(14,15)12-9-5-8-6(3-11(9)27(19,20)21)2-7(26(16,17)18)4-10(8)24-23-22-13/h6-13H,2-5H2,1H3,(H,16,17,18)(H,19,20,21). The fourth-order valence-electron chi connectivity index (χ4n) is 4.02. The number of sulfonamides is 1. The molecule has 0 amide bonds. The van der Waals surface area contributed by atoms with E-state index < -0.39 is 63.9 Å². The van der Waals surface area contributed by atoms with Crippen molar-refractivity contribution >= 4 is 42.3 Å². The molecular formula is C11H21NO11S4. The predicted octanol–water partition coefficient (Wildman–Crippen LogP) is -0.325. The van der Waals surface area contributed by atoms with Crippen molar-refractivity contribution in [2.75, 3.05) is 6.26 Å². The molecule has 6 unspecified atom stereocenters. The minimum atomic E-state index is -4.63. The van der Waals surface area contributed by atoms with Crippen LogP contribution in [0.15, 0.2) is 0 Å². The van der Waals surface area contributed by atoms with Gasteiger partial charge < -0.3 is 0 Å². The predicted molar refractivity (Wildman–Crippen MR) is 94.1 cm³/mol. The third-order valence-corrected chi connectivity index (χ3v) is 9.19. The molecule has 0 radical (unpaired) electrons. The van der Waals surface area contributed by atoms with Gasteiger partial charge in [0.25, 0.3) is 20.2 Å². The van der Waals surface area contributed by atoms with Gasteiger partial charge in [0.15, 0.2) is 0 Å². The highest BCUT2D eigenvalue weighted by Crippen LogP contribution is 2.48. The molecule has 0 aromatic heterocycles.